The molecule has 1 aliphatic heterocycles. The Morgan fingerprint density at radius 3 is 3.00 bits per heavy atom. The maximum Gasteiger partial charge on any atom is 0.265 e. The van der Waals surface area contributed by atoms with Crippen molar-refractivity contribution in [1.29, 1.82) is 0 Å². The van der Waals surface area contributed by atoms with E-state index in [0.29, 0.717) is 40.4 Å². The van der Waals surface area contributed by atoms with Crippen molar-refractivity contribution in [1.82, 2.24) is 9.97 Å². The first-order valence-electron chi connectivity index (χ1n) is 10.2. The zero-order valence-corrected chi connectivity index (χ0v) is 18.1. The molecule has 5 rings (SSSR count). The Morgan fingerprint density at radius 2 is 2.19 bits per heavy atom. The first kappa shape index (κ1) is 20.1. The Balaban J connectivity index is 1.31. The number of aromatic nitrogens is 2. The van der Waals surface area contributed by atoms with Crippen molar-refractivity contribution in [2.45, 2.75) is 25.9 Å². The molecule has 0 saturated carbocycles. The molecule has 0 aliphatic carbocycles. The van der Waals surface area contributed by atoms with Crippen LogP contribution in [-0.4, -0.2) is 27.8 Å². The predicted molar refractivity (Wildman–Crippen MR) is 123 cm³/mol. The first-order chi connectivity index (χ1) is 15.5. The Labute approximate surface area is 188 Å². The van der Waals surface area contributed by atoms with Gasteiger partial charge in [-0.05, 0) is 37.1 Å². The second-order valence-corrected chi connectivity index (χ2v) is 8.58. The number of amides is 2. The minimum atomic E-state index is -0.539. The van der Waals surface area contributed by atoms with Gasteiger partial charge in [0.05, 0.1) is 24.1 Å². The van der Waals surface area contributed by atoms with Crippen molar-refractivity contribution in [3.63, 3.8) is 0 Å². The normalized spacial score (nSPS) is 15.0. The Kier molecular flexibility index (Phi) is 5.02. The van der Waals surface area contributed by atoms with Crippen molar-refractivity contribution in [2.24, 2.45) is 5.73 Å². The van der Waals surface area contributed by atoms with Crippen LogP contribution in [0, 0.1) is 0 Å². The number of fused-ring (bicyclic) bond motifs is 1. The third kappa shape index (κ3) is 3.67. The molecule has 32 heavy (non-hydrogen) atoms. The number of carbonyl (C=O) groups excluding carboxylic acids is 2. The Bertz CT molecular complexity index is 1300. The molecule has 0 saturated heterocycles. The van der Waals surface area contributed by atoms with Gasteiger partial charge in [0.15, 0.2) is 5.13 Å². The predicted octanol–water partition coefficient (Wildman–Crippen LogP) is 4.03. The number of hydrogen-bond donors (Lipinski definition) is 3. The highest BCUT2D eigenvalue weighted by Gasteiger charge is 2.28. The van der Waals surface area contributed by atoms with Gasteiger partial charge < -0.3 is 20.0 Å². The molecule has 8 nitrogen and oxygen atoms in total. The molecular formula is C23H21N5O3S. The topological polar surface area (TPSA) is 117 Å². The van der Waals surface area contributed by atoms with Gasteiger partial charge in [0.2, 0.25) is 0 Å². The van der Waals surface area contributed by atoms with Gasteiger partial charge in [-0.3, -0.25) is 14.9 Å². The van der Waals surface area contributed by atoms with Crippen LogP contribution in [0.2, 0.25) is 0 Å². The lowest BCUT2D eigenvalue weighted by atomic mass is 10.1. The SMILES string of the molecule is CC1Cc2ccccc2N1Cc1occc1C(=O)Nc1nc(-c2c[nH]c(C(N)=O)c2)cs1. The number of nitrogens with two attached hydrogens (primary N) is 1. The number of rotatable bonds is 6. The average Bonchev–Trinajstić information content (AvgIpc) is 3.55. The van der Waals surface area contributed by atoms with Crippen LogP contribution in [0.15, 0.2) is 58.7 Å². The Hall–Kier alpha value is -3.85. The summed E-state index contributed by atoms with van der Waals surface area (Å²) in [6.07, 6.45) is 4.16. The summed E-state index contributed by atoms with van der Waals surface area (Å²) in [7, 11) is 0. The summed E-state index contributed by atoms with van der Waals surface area (Å²) < 4.78 is 5.68. The average molecular weight is 448 g/mol. The quantitative estimate of drug-likeness (QED) is 0.412. The van der Waals surface area contributed by atoms with Crippen molar-refractivity contribution >= 4 is 34.0 Å². The maximum atomic E-state index is 12.9. The van der Waals surface area contributed by atoms with Gasteiger partial charge in [-0.2, -0.15) is 0 Å². The van der Waals surface area contributed by atoms with E-state index in [-0.39, 0.29) is 5.91 Å². The van der Waals surface area contributed by atoms with E-state index in [2.05, 4.69) is 39.2 Å². The highest BCUT2D eigenvalue weighted by molar-refractivity contribution is 7.14. The van der Waals surface area contributed by atoms with Crippen LogP contribution in [0.5, 0.6) is 0 Å². The molecule has 4 N–H and O–H groups in total. The van der Waals surface area contributed by atoms with E-state index in [1.165, 1.54) is 28.9 Å². The number of aromatic amines is 1. The number of primary amides is 1. The lowest BCUT2D eigenvalue weighted by Gasteiger charge is -2.24. The molecule has 1 aliphatic rings. The standard InChI is InChI=1S/C23H21N5O3S/c1-13-8-14-4-2-3-5-19(14)28(13)11-20-16(6-7-31-20)22(30)27-23-26-18(12-32-23)15-9-17(21(24)29)25-10-15/h2-7,9-10,12-13,25H,8,11H2,1H3,(H2,24,29)(H,26,27,30). The molecule has 162 valence electrons. The van der Waals surface area contributed by atoms with Gasteiger partial charge in [0.1, 0.15) is 11.5 Å². The number of H-pyrrole nitrogens is 1. The number of anilines is 2. The molecule has 4 aromatic rings. The lowest BCUT2D eigenvalue weighted by Crippen LogP contribution is -2.29. The summed E-state index contributed by atoms with van der Waals surface area (Å²) in [6.45, 7) is 2.68. The molecule has 9 heteroatoms. The van der Waals surface area contributed by atoms with E-state index in [4.69, 9.17) is 10.2 Å². The lowest BCUT2D eigenvalue weighted by molar-refractivity contribution is 0.0993. The molecule has 0 radical (unpaired) electrons. The van der Waals surface area contributed by atoms with Gasteiger partial charge in [-0.25, -0.2) is 4.98 Å². The summed E-state index contributed by atoms with van der Waals surface area (Å²) >= 11 is 1.30. The molecule has 1 aromatic carbocycles. The fraction of sp³-hybridized carbons (Fsp3) is 0.174. The summed E-state index contributed by atoms with van der Waals surface area (Å²) in [5.74, 6) is -0.205. The molecule has 0 spiro atoms. The first-order valence-corrected chi connectivity index (χ1v) is 11.0. The molecular weight excluding hydrogens is 426 g/mol. The second-order valence-electron chi connectivity index (χ2n) is 7.73. The molecule has 0 bridgehead atoms. The van der Waals surface area contributed by atoms with Crippen LogP contribution in [-0.2, 0) is 13.0 Å². The maximum absolute atomic E-state index is 12.9. The van der Waals surface area contributed by atoms with E-state index in [9.17, 15) is 9.59 Å². The van der Waals surface area contributed by atoms with Crippen LogP contribution >= 0.6 is 11.3 Å². The highest BCUT2D eigenvalue weighted by Crippen LogP contribution is 2.34. The fourth-order valence-corrected chi connectivity index (χ4v) is 4.72. The summed E-state index contributed by atoms with van der Waals surface area (Å²) in [5.41, 5.74) is 9.91. The number of nitrogens with zero attached hydrogens (tertiary/aromatic N) is 2. The van der Waals surface area contributed by atoms with Crippen LogP contribution in [0.1, 0.15) is 39.1 Å². The molecule has 1 unspecified atom stereocenters. The Morgan fingerprint density at radius 1 is 1.34 bits per heavy atom. The van der Waals surface area contributed by atoms with Gasteiger partial charge in [0, 0.05) is 28.9 Å². The summed E-state index contributed by atoms with van der Waals surface area (Å²) in [6, 6.07) is 11.9. The highest BCUT2D eigenvalue weighted by atomic mass is 32.1. The zero-order valence-electron chi connectivity index (χ0n) is 17.3. The third-order valence-corrected chi connectivity index (χ3v) is 6.38. The second kappa shape index (κ2) is 8.01. The summed E-state index contributed by atoms with van der Waals surface area (Å²) in [4.78, 5) is 33.7. The molecule has 1 atom stereocenters. The van der Waals surface area contributed by atoms with Gasteiger partial charge >= 0.3 is 0 Å². The van der Waals surface area contributed by atoms with Crippen LogP contribution in [0.4, 0.5) is 10.8 Å². The van der Waals surface area contributed by atoms with Crippen LogP contribution < -0.4 is 16.0 Å². The van der Waals surface area contributed by atoms with E-state index < -0.39 is 5.91 Å². The van der Waals surface area contributed by atoms with Gasteiger partial charge in [-0.15, -0.1) is 11.3 Å². The minimum absolute atomic E-state index is 0.276. The minimum Gasteiger partial charge on any atom is -0.467 e. The van der Waals surface area contributed by atoms with Crippen molar-refractivity contribution in [2.75, 3.05) is 10.2 Å². The van der Waals surface area contributed by atoms with Crippen molar-refractivity contribution < 1.29 is 14.0 Å². The van der Waals surface area contributed by atoms with E-state index >= 15 is 0 Å². The van der Waals surface area contributed by atoms with E-state index in [1.807, 2.05) is 17.5 Å². The largest absolute Gasteiger partial charge is 0.467 e. The third-order valence-electron chi connectivity index (χ3n) is 5.62. The monoisotopic (exact) mass is 447 g/mol. The smallest absolute Gasteiger partial charge is 0.265 e. The molecule has 0 fully saturated rings. The van der Waals surface area contributed by atoms with Gasteiger partial charge in [0.25, 0.3) is 11.8 Å². The van der Waals surface area contributed by atoms with Crippen LogP contribution in [0.3, 0.4) is 0 Å². The van der Waals surface area contributed by atoms with Crippen molar-refractivity contribution in [3.05, 3.63) is 76.8 Å². The van der Waals surface area contributed by atoms with E-state index in [0.717, 1.165) is 12.0 Å². The molecule has 4 heterocycles. The number of benzene rings is 1. The van der Waals surface area contributed by atoms with Crippen LogP contribution in [0.25, 0.3) is 11.3 Å². The summed E-state index contributed by atoms with van der Waals surface area (Å²) in [5, 5.41) is 5.11. The number of carbonyl (C=O) groups is 2. The number of furan rings is 1. The van der Waals surface area contributed by atoms with Crippen molar-refractivity contribution in [3.8, 4) is 11.3 Å². The zero-order chi connectivity index (χ0) is 22.2. The number of para-hydroxylation sites is 1. The van der Waals surface area contributed by atoms with E-state index in [1.54, 1.807) is 18.3 Å². The molecule has 2 amide bonds. The molecule has 3 aromatic heterocycles. The van der Waals surface area contributed by atoms with Gasteiger partial charge in [-0.1, -0.05) is 18.2 Å². The number of nitrogens with one attached hydrogen (secondary N) is 2. The number of thiazole rings is 1. The number of hydrogen-bond acceptors (Lipinski definition) is 6. The fourth-order valence-electron chi connectivity index (χ4n) is 4.00.